The molecule has 0 saturated carbocycles. The number of hydrogen-bond acceptors (Lipinski definition) is 2. The van der Waals surface area contributed by atoms with E-state index in [0.29, 0.717) is 18.7 Å². The highest BCUT2D eigenvalue weighted by atomic mass is 16.1. The third kappa shape index (κ3) is 6.21. The van der Waals surface area contributed by atoms with Crippen LogP contribution in [-0.2, 0) is 4.79 Å². The molecule has 0 aliphatic heterocycles. The van der Waals surface area contributed by atoms with E-state index in [4.69, 9.17) is 5.73 Å². The lowest BCUT2D eigenvalue weighted by molar-refractivity contribution is -0.123. The largest absolute Gasteiger partial charge is 0.330 e. The first kappa shape index (κ1) is 16.6. The van der Waals surface area contributed by atoms with Crippen molar-refractivity contribution in [3.63, 3.8) is 0 Å². The standard InChI is InChI=1S/C15H31NO/c1-11(2)13(17)8-12(9-16)15(6,7)10-14(3,4)5/h11-12H,8-10,16H2,1-7H3. The summed E-state index contributed by atoms with van der Waals surface area (Å²) in [7, 11) is 0. The van der Waals surface area contributed by atoms with Crippen molar-refractivity contribution in [3.8, 4) is 0 Å². The van der Waals surface area contributed by atoms with Gasteiger partial charge in [0.15, 0.2) is 0 Å². The third-order valence-corrected chi connectivity index (χ3v) is 3.47. The van der Waals surface area contributed by atoms with Gasteiger partial charge in [0.25, 0.3) is 0 Å². The molecule has 0 radical (unpaired) electrons. The number of hydrogen-bond donors (Lipinski definition) is 1. The Hall–Kier alpha value is -0.370. The monoisotopic (exact) mass is 241 g/mol. The van der Waals surface area contributed by atoms with E-state index < -0.39 is 0 Å². The van der Waals surface area contributed by atoms with Crippen LogP contribution in [0.2, 0.25) is 0 Å². The normalized spacial score (nSPS) is 15.1. The first-order valence-corrected chi connectivity index (χ1v) is 6.72. The lowest BCUT2D eigenvalue weighted by Gasteiger charge is -2.38. The zero-order chi connectivity index (χ0) is 13.9. The molecule has 1 unspecified atom stereocenters. The van der Waals surface area contributed by atoms with E-state index in [-0.39, 0.29) is 22.7 Å². The number of Topliss-reactive ketones (excluding diaryl/α,β-unsaturated/α-hetero) is 1. The van der Waals surface area contributed by atoms with Crippen LogP contribution in [0.1, 0.15) is 61.3 Å². The lowest BCUT2D eigenvalue weighted by atomic mass is 9.67. The van der Waals surface area contributed by atoms with Gasteiger partial charge in [0, 0.05) is 12.3 Å². The average Bonchev–Trinajstić information content (AvgIpc) is 2.08. The number of nitrogens with two attached hydrogens (primary N) is 1. The van der Waals surface area contributed by atoms with Crippen molar-refractivity contribution in [1.29, 1.82) is 0 Å². The van der Waals surface area contributed by atoms with Gasteiger partial charge in [-0.3, -0.25) is 4.79 Å². The quantitative estimate of drug-likeness (QED) is 0.771. The van der Waals surface area contributed by atoms with Crippen LogP contribution in [-0.4, -0.2) is 12.3 Å². The molecule has 0 rings (SSSR count). The molecule has 0 saturated heterocycles. The zero-order valence-corrected chi connectivity index (χ0v) is 12.8. The Morgan fingerprint density at radius 2 is 1.59 bits per heavy atom. The van der Waals surface area contributed by atoms with Gasteiger partial charge in [-0.05, 0) is 29.7 Å². The molecule has 0 spiro atoms. The zero-order valence-electron chi connectivity index (χ0n) is 12.8. The van der Waals surface area contributed by atoms with Crippen molar-refractivity contribution in [1.82, 2.24) is 0 Å². The molecule has 0 fully saturated rings. The van der Waals surface area contributed by atoms with E-state index in [2.05, 4.69) is 34.6 Å². The van der Waals surface area contributed by atoms with Crippen molar-refractivity contribution >= 4 is 5.78 Å². The predicted octanol–water partition coefficient (Wildman–Crippen LogP) is 3.64. The van der Waals surface area contributed by atoms with E-state index in [1.165, 1.54) is 0 Å². The van der Waals surface area contributed by atoms with Gasteiger partial charge >= 0.3 is 0 Å². The van der Waals surface area contributed by atoms with Crippen LogP contribution in [0.4, 0.5) is 0 Å². The van der Waals surface area contributed by atoms with Crippen LogP contribution >= 0.6 is 0 Å². The molecule has 0 aromatic rings. The van der Waals surface area contributed by atoms with Crippen molar-refractivity contribution in [2.45, 2.75) is 61.3 Å². The summed E-state index contributed by atoms with van der Waals surface area (Å²) in [5, 5.41) is 0. The Labute approximate surface area is 107 Å². The molecular weight excluding hydrogens is 210 g/mol. The van der Waals surface area contributed by atoms with Gasteiger partial charge in [-0.1, -0.05) is 48.5 Å². The van der Waals surface area contributed by atoms with E-state index in [9.17, 15) is 4.79 Å². The summed E-state index contributed by atoms with van der Waals surface area (Å²) in [4.78, 5) is 11.9. The van der Waals surface area contributed by atoms with Crippen molar-refractivity contribution < 1.29 is 4.79 Å². The summed E-state index contributed by atoms with van der Waals surface area (Å²) in [5.41, 5.74) is 6.27. The van der Waals surface area contributed by atoms with Gasteiger partial charge in [0.1, 0.15) is 5.78 Å². The van der Waals surface area contributed by atoms with E-state index in [1.807, 2.05) is 13.8 Å². The summed E-state index contributed by atoms with van der Waals surface area (Å²) in [6, 6.07) is 0. The summed E-state index contributed by atoms with van der Waals surface area (Å²) in [6.07, 6.45) is 1.71. The van der Waals surface area contributed by atoms with Crippen LogP contribution in [0.25, 0.3) is 0 Å². The lowest BCUT2D eigenvalue weighted by Crippen LogP contribution is -2.36. The van der Waals surface area contributed by atoms with Gasteiger partial charge in [-0.2, -0.15) is 0 Å². The molecular formula is C15H31NO. The fraction of sp³-hybridized carbons (Fsp3) is 0.933. The van der Waals surface area contributed by atoms with Crippen LogP contribution < -0.4 is 5.73 Å². The first-order valence-electron chi connectivity index (χ1n) is 6.72. The highest BCUT2D eigenvalue weighted by Gasteiger charge is 2.34. The molecule has 0 heterocycles. The molecule has 2 nitrogen and oxygen atoms in total. The predicted molar refractivity (Wildman–Crippen MR) is 74.9 cm³/mol. The molecule has 0 bridgehead atoms. The van der Waals surface area contributed by atoms with Crippen molar-refractivity contribution in [2.75, 3.05) is 6.54 Å². The summed E-state index contributed by atoms with van der Waals surface area (Å²) in [5.74, 6) is 0.744. The number of ketones is 1. The minimum atomic E-state index is 0.120. The number of rotatable bonds is 6. The Kier molecular flexibility index (Phi) is 5.86. The maximum Gasteiger partial charge on any atom is 0.135 e. The van der Waals surface area contributed by atoms with Crippen LogP contribution in [0, 0.1) is 22.7 Å². The Balaban J connectivity index is 4.69. The molecule has 0 aromatic carbocycles. The minimum absolute atomic E-state index is 0.120. The molecule has 102 valence electrons. The van der Waals surface area contributed by atoms with E-state index in [0.717, 1.165) is 6.42 Å². The molecule has 17 heavy (non-hydrogen) atoms. The van der Waals surface area contributed by atoms with Gasteiger partial charge < -0.3 is 5.73 Å². The van der Waals surface area contributed by atoms with Gasteiger partial charge in [-0.15, -0.1) is 0 Å². The molecule has 2 heteroatoms. The van der Waals surface area contributed by atoms with E-state index >= 15 is 0 Å². The second-order valence-corrected chi connectivity index (χ2v) is 7.48. The number of carbonyl (C=O) groups is 1. The van der Waals surface area contributed by atoms with Gasteiger partial charge in [0.2, 0.25) is 0 Å². The molecule has 0 aromatic heterocycles. The Morgan fingerprint density at radius 1 is 1.12 bits per heavy atom. The average molecular weight is 241 g/mol. The Bertz CT molecular complexity index is 248. The summed E-state index contributed by atoms with van der Waals surface area (Å²) >= 11 is 0. The molecule has 0 aliphatic rings. The van der Waals surface area contributed by atoms with Gasteiger partial charge in [0.05, 0.1) is 0 Å². The number of carbonyl (C=O) groups excluding carboxylic acids is 1. The first-order chi connectivity index (χ1) is 7.49. The second kappa shape index (κ2) is 5.99. The van der Waals surface area contributed by atoms with Crippen LogP contribution in [0.5, 0.6) is 0 Å². The maximum absolute atomic E-state index is 11.9. The highest BCUT2D eigenvalue weighted by molar-refractivity contribution is 5.80. The van der Waals surface area contributed by atoms with E-state index in [1.54, 1.807) is 0 Å². The smallest absolute Gasteiger partial charge is 0.135 e. The highest BCUT2D eigenvalue weighted by Crippen LogP contribution is 2.40. The van der Waals surface area contributed by atoms with Gasteiger partial charge in [-0.25, -0.2) is 0 Å². The molecule has 2 N–H and O–H groups in total. The fourth-order valence-corrected chi connectivity index (χ4v) is 2.67. The minimum Gasteiger partial charge on any atom is -0.330 e. The van der Waals surface area contributed by atoms with Crippen LogP contribution in [0.15, 0.2) is 0 Å². The molecule has 0 amide bonds. The second-order valence-electron chi connectivity index (χ2n) is 7.48. The SMILES string of the molecule is CC(C)C(=O)CC(CN)C(C)(C)CC(C)(C)C. The van der Waals surface area contributed by atoms with Crippen molar-refractivity contribution in [3.05, 3.63) is 0 Å². The third-order valence-electron chi connectivity index (χ3n) is 3.47. The fourth-order valence-electron chi connectivity index (χ4n) is 2.67. The van der Waals surface area contributed by atoms with Crippen molar-refractivity contribution in [2.24, 2.45) is 28.4 Å². The molecule has 0 aliphatic carbocycles. The Morgan fingerprint density at radius 3 is 1.88 bits per heavy atom. The van der Waals surface area contributed by atoms with Crippen LogP contribution in [0.3, 0.4) is 0 Å². The topological polar surface area (TPSA) is 43.1 Å². The maximum atomic E-state index is 11.9. The summed E-state index contributed by atoms with van der Waals surface area (Å²) < 4.78 is 0. The summed E-state index contributed by atoms with van der Waals surface area (Å²) in [6.45, 7) is 15.7. The molecule has 1 atom stereocenters.